The highest BCUT2D eigenvalue weighted by Crippen LogP contribution is 2.68. The molecule has 0 radical (unpaired) electrons. The number of rotatable bonds is 2. The van der Waals surface area contributed by atoms with Crippen LogP contribution in [0.25, 0.3) is 11.0 Å². The van der Waals surface area contributed by atoms with Gasteiger partial charge in [0.15, 0.2) is 0 Å². The van der Waals surface area contributed by atoms with E-state index in [9.17, 15) is 9.59 Å². The van der Waals surface area contributed by atoms with Crippen molar-refractivity contribution in [3.8, 4) is 0 Å². The molecular weight excluding hydrogens is 344 g/mol. The van der Waals surface area contributed by atoms with Gasteiger partial charge in [0, 0.05) is 10.6 Å². The number of nitrogens with two attached hydrogens (primary N) is 1. The highest BCUT2D eigenvalue weighted by atomic mass is 32.2. The largest absolute Gasteiger partial charge is 0.469 e. The van der Waals surface area contributed by atoms with Crippen molar-refractivity contribution in [2.45, 2.75) is 10.1 Å². The van der Waals surface area contributed by atoms with Gasteiger partial charge in [-0.2, -0.15) is 0 Å². The zero-order valence-electron chi connectivity index (χ0n) is 13.6. The lowest BCUT2D eigenvalue weighted by atomic mass is 9.72. The van der Waals surface area contributed by atoms with Crippen molar-refractivity contribution in [1.82, 2.24) is 0 Å². The van der Waals surface area contributed by atoms with E-state index in [0.29, 0.717) is 11.1 Å². The number of thioether (sulfide) groups is 1. The molecule has 2 aliphatic rings. The molecule has 25 heavy (non-hydrogen) atoms. The summed E-state index contributed by atoms with van der Waals surface area (Å²) in [5, 5.41) is 8.68. The first kappa shape index (κ1) is 16.2. The predicted octanol–water partition coefficient (Wildman–Crippen LogP) is 1.40. The number of carbonyl (C=O) groups is 2. The molecule has 0 amide bonds. The van der Waals surface area contributed by atoms with Gasteiger partial charge < -0.3 is 19.6 Å². The standard InChI is InChI=1S/C17H16N2O5S/c1-22-15(20)10-12(16(21)23-2)17(19)11-9(13(10)25-17)7-5-3-4-6-8(7)24-14(11)18/h3-6,10,12-13,18H,19H2,1-2H3. The van der Waals surface area contributed by atoms with Crippen molar-refractivity contribution in [2.24, 2.45) is 17.6 Å². The lowest BCUT2D eigenvalue weighted by molar-refractivity contribution is -0.159. The van der Waals surface area contributed by atoms with Gasteiger partial charge in [-0.05, 0) is 11.6 Å². The van der Waals surface area contributed by atoms with Crippen LogP contribution in [0.15, 0.2) is 28.7 Å². The number of carbonyl (C=O) groups excluding carboxylic acids is 2. The van der Waals surface area contributed by atoms with E-state index < -0.39 is 33.9 Å². The zero-order valence-corrected chi connectivity index (χ0v) is 14.4. The SMILES string of the molecule is COC(=O)C1C2SC(N)(c3c2c2ccccc2oc3=N)C1C(=O)OC. The summed E-state index contributed by atoms with van der Waals surface area (Å²) in [5.74, 6) is -2.81. The van der Waals surface area contributed by atoms with Crippen LogP contribution >= 0.6 is 11.8 Å². The van der Waals surface area contributed by atoms with Crippen molar-refractivity contribution in [2.75, 3.05) is 14.2 Å². The first-order valence-electron chi connectivity index (χ1n) is 7.67. The van der Waals surface area contributed by atoms with E-state index in [-0.39, 0.29) is 5.55 Å². The average molecular weight is 360 g/mol. The molecule has 7 nitrogen and oxygen atoms in total. The Bertz CT molecular complexity index is 971. The lowest BCUT2D eigenvalue weighted by Crippen LogP contribution is -2.50. The highest BCUT2D eigenvalue weighted by Gasteiger charge is 2.67. The number of hydrogen-bond donors (Lipinski definition) is 2. The summed E-state index contributed by atoms with van der Waals surface area (Å²) in [6.07, 6.45) is 0. The van der Waals surface area contributed by atoms with E-state index in [1.54, 1.807) is 6.07 Å². The van der Waals surface area contributed by atoms with Crippen molar-refractivity contribution < 1.29 is 23.5 Å². The smallest absolute Gasteiger partial charge is 0.312 e. The molecule has 1 aromatic heterocycles. The Morgan fingerprint density at radius 3 is 2.60 bits per heavy atom. The van der Waals surface area contributed by atoms with E-state index >= 15 is 0 Å². The Morgan fingerprint density at radius 1 is 1.24 bits per heavy atom. The van der Waals surface area contributed by atoms with E-state index in [2.05, 4.69) is 0 Å². The van der Waals surface area contributed by atoms with Gasteiger partial charge in [-0.3, -0.25) is 15.0 Å². The maximum atomic E-state index is 12.4. The molecule has 1 aromatic carbocycles. The molecule has 8 heteroatoms. The van der Waals surface area contributed by atoms with Gasteiger partial charge in [0.1, 0.15) is 16.4 Å². The summed E-state index contributed by atoms with van der Waals surface area (Å²) in [6.45, 7) is 0. The van der Waals surface area contributed by atoms with E-state index in [1.165, 1.54) is 26.0 Å². The highest BCUT2D eigenvalue weighted by molar-refractivity contribution is 8.01. The number of esters is 2. The van der Waals surface area contributed by atoms with Crippen LogP contribution in [0.2, 0.25) is 0 Å². The quantitative estimate of drug-likeness (QED) is 0.778. The second-order valence-electron chi connectivity index (χ2n) is 6.10. The van der Waals surface area contributed by atoms with Gasteiger partial charge >= 0.3 is 11.9 Å². The fourth-order valence-electron chi connectivity index (χ4n) is 3.98. The Balaban J connectivity index is 2.05. The minimum absolute atomic E-state index is 0.0941. The molecular formula is C17H16N2O5S. The number of methoxy groups -OCH3 is 2. The van der Waals surface area contributed by atoms with Crippen LogP contribution < -0.4 is 11.3 Å². The molecule has 2 aromatic rings. The van der Waals surface area contributed by atoms with Crippen molar-refractivity contribution >= 4 is 34.7 Å². The molecule has 0 saturated carbocycles. The summed E-state index contributed by atoms with van der Waals surface area (Å²) in [7, 11) is 2.54. The lowest BCUT2D eigenvalue weighted by Gasteiger charge is -2.33. The maximum absolute atomic E-state index is 12.4. The Hall–Kier alpha value is -2.32. The number of nitrogens with one attached hydrogen (secondary N) is 1. The van der Waals surface area contributed by atoms with Crippen LogP contribution in [-0.2, 0) is 23.9 Å². The summed E-state index contributed by atoms with van der Waals surface area (Å²) in [4.78, 5) is 23.6. The molecule has 4 unspecified atom stereocenters. The topological polar surface area (TPSA) is 116 Å². The monoisotopic (exact) mass is 360 g/mol. The normalized spacial score (nSPS) is 29.5. The fourth-order valence-corrected chi connectivity index (χ4v) is 5.88. The van der Waals surface area contributed by atoms with Crippen molar-refractivity contribution in [3.63, 3.8) is 0 Å². The van der Waals surface area contributed by atoms with Crippen LogP contribution in [0.5, 0.6) is 0 Å². The second kappa shape index (κ2) is 5.34. The summed E-state index contributed by atoms with van der Waals surface area (Å²) in [6, 6.07) is 7.29. The third-order valence-electron chi connectivity index (χ3n) is 4.96. The molecule has 4 rings (SSSR count). The summed E-state index contributed by atoms with van der Waals surface area (Å²) < 4.78 is 15.4. The Labute approximate surface area is 147 Å². The van der Waals surface area contributed by atoms with Gasteiger partial charge in [-0.25, -0.2) is 0 Å². The molecule has 1 fully saturated rings. The van der Waals surface area contributed by atoms with Gasteiger partial charge in [-0.1, -0.05) is 18.2 Å². The Morgan fingerprint density at radius 2 is 1.92 bits per heavy atom. The summed E-state index contributed by atoms with van der Waals surface area (Å²) >= 11 is 1.29. The molecule has 4 atom stereocenters. The molecule has 2 aliphatic heterocycles. The van der Waals surface area contributed by atoms with Crippen LogP contribution in [0.1, 0.15) is 16.4 Å². The summed E-state index contributed by atoms with van der Waals surface area (Å²) in [5.41, 5.74) is 8.26. The van der Waals surface area contributed by atoms with Crippen LogP contribution in [0.3, 0.4) is 0 Å². The predicted molar refractivity (Wildman–Crippen MR) is 89.3 cm³/mol. The Kier molecular flexibility index (Phi) is 3.45. The maximum Gasteiger partial charge on any atom is 0.312 e. The van der Waals surface area contributed by atoms with Crippen molar-refractivity contribution in [1.29, 1.82) is 5.41 Å². The van der Waals surface area contributed by atoms with Crippen LogP contribution in [-0.4, -0.2) is 26.2 Å². The molecule has 130 valence electrons. The molecule has 3 heterocycles. The van der Waals surface area contributed by atoms with Crippen LogP contribution in [0.4, 0.5) is 0 Å². The third kappa shape index (κ3) is 1.95. The van der Waals surface area contributed by atoms with Gasteiger partial charge in [-0.15, -0.1) is 11.8 Å². The number of ether oxygens (including phenoxy) is 2. The number of fused-ring (bicyclic) bond motifs is 7. The van der Waals surface area contributed by atoms with Gasteiger partial charge in [0.05, 0.1) is 25.7 Å². The minimum Gasteiger partial charge on any atom is -0.469 e. The van der Waals surface area contributed by atoms with E-state index in [4.69, 9.17) is 25.0 Å². The number of benzene rings is 1. The average Bonchev–Trinajstić information content (AvgIpc) is 3.09. The van der Waals surface area contributed by atoms with Gasteiger partial charge in [0.25, 0.3) is 0 Å². The minimum atomic E-state index is -1.27. The third-order valence-corrected chi connectivity index (χ3v) is 6.59. The number of para-hydroxylation sites is 1. The first-order chi connectivity index (χ1) is 11.9. The van der Waals surface area contributed by atoms with E-state index in [1.807, 2.05) is 18.2 Å². The zero-order chi connectivity index (χ0) is 17.9. The van der Waals surface area contributed by atoms with Gasteiger partial charge in [0.2, 0.25) is 5.55 Å². The molecule has 2 bridgehead atoms. The molecule has 3 N–H and O–H groups in total. The molecule has 0 spiro atoms. The van der Waals surface area contributed by atoms with Crippen molar-refractivity contribution in [3.05, 3.63) is 40.9 Å². The number of hydrogen-bond acceptors (Lipinski definition) is 8. The van der Waals surface area contributed by atoms with E-state index in [0.717, 1.165) is 10.9 Å². The second-order valence-corrected chi connectivity index (χ2v) is 7.52. The molecule has 1 saturated heterocycles. The fraction of sp³-hybridized carbons (Fsp3) is 0.353. The first-order valence-corrected chi connectivity index (χ1v) is 8.55. The molecule has 0 aliphatic carbocycles. The van der Waals surface area contributed by atoms with Crippen LogP contribution in [0, 0.1) is 17.2 Å².